The second-order valence-electron chi connectivity index (χ2n) is 3.23. The van der Waals surface area contributed by atoms with Crippen molar-refractivity contribution in [3.63, 3.8) is 0 Å². The number of benzene rings is 1. The molecule has 0 spiro atoms. The van der Waals surface area contributed by atoms with E-state index in [1.807, 2.05) is 13.1 Å². The van der Waals surface area contributed by atoms with Gasteiger partial charge in [0.15, 0.2) is 0 Å². The van der Waals surface area contributed by atoms with E-state index in [2.05, 4.69) is 11.2 Å². The molecule has 14 heavy (non-hydrogen) atoms. The van der Waals surface area contributed by atoms with Crippen LogP contribution in [-0.4, -0.2) is 13.1 Å². The van der Waals surface area contributed by atoms with Gasteiger partial charge < -0.3 is 5.32 Å². The van der Waals surface area contributed by atoms with Crippen molar-refractivity contribution in [2.24, 2.45) is 0 Å². The fourth-order valence-electron chi connectivity index (χ4n) is 1.37. The van der Waals surface area contributed by atoms with Crippen molar-refractivity contribution in [1.29, 1.82) is 0 Å². The number of hydrogen-bond acceptors (Lipinski definition) is 1. The van der Waals surface area contributed by atoms with Gasteiger partial charge in [-0.2, -0.15) is 0 Å². The van der Waals surface area contributed by atoms with E-state index in [-0.39, 0.29) is 11.9 Å². The van der Waals surface area contributed by atoms with Gasteiger partial charge in [-0.15, -0.1) is 12.3 Å². The summed E-state index contributed by atoms with van der Waals surface area (Å²) < 4.78 is 12.8. The molecule has 1 nitrogen and oxygen atoms in total. The highest BCUT2D eigenvalue weighted by atomic mass is 19.1. The Morgan fingerprint density at radius 1 is 1.57 bits per heavy atom. The monoisotopic (exact) mass is 191 g/mol. The van der Waals surface area contributed by atoms with E-state index in [1.54, 1.807) is 12.1 Å². The summed E-state index contributed by atoms with van der Waals surface area (Å²) in [6, 6.07) is 6.83. The van der Waals surface area contributed by atoms with Gasteiger partial charge in [-0.05, 0) is 31.2 Å². The van der Waals surface area contributed by atoms with E-state index in [9.17, 15) is 4.39 Å². The van der Waals surface area contributed by atoms with E-state index < -0.39 is 0 Å². The van der Waals surface area contributed by atoms with Crippen LogP contribution < -0.4 is 5.32 Å². The van der Waals surface area contributed by atoms with Crippen molar-refractivity contribution in [3.05, 3.63) is 35.6 Å². The summed E-state index contributed by atoms with van der Waals surface area (Å²) in [6.07, 6.45) is 6.65. The van der Waals surface area contributed by atoms with Crippen LogP contribution >= 0.6 is 0 Å². The van der Waals surface area contributed by atoms with Gasteiger partial charge >= 0.3 is 0 Å². The van der Waals surface area contributed by atoms with Crippen molar-refractivity contribution in [2.45, 2.75) is 18.9 Å². The van der Waals surface area contributed by atoms with E-state index in [1.165, 1.54) is 6.07 Å². The molecule has 0 aromatic heterocycles. The lowest BCUT2D eigenvalue weighted by Gasteiger charge is -2.12. The van der Waals surface area contributed by atoms with Crippen molar-refractivity contribution < 1.29 is 4.39 Å². The predicted octanol–water partition coefficient (Wildman–Crippen LogP) is 1.98. The molecule has 0 amide bonds. The first-order chi connectivity index (χ1) is 6.76. The van der Waals surface area contributed by atoms with Gasteiger partial charge in [-0.3, -0.25) is 0 Å². The van der Waals surface area contributed by atoms with Crippen molar-refractivity contribution in [1.82, 2.24) is 5.32 Å². The summed E-state index contributed by atoms with van der Waals surface area (Å²) in [5.41, 5.74) is 0.972. The van der Waals surface area contributed by atoms with Crippen molar-refractivity contribution in [3.8, 4) is 12.3 Å². The summed E-state index contributed by atoms with van der Waals surface area (Å²) in [7, 11) is 1.86. The highest BCUT2D eigenvalue weighted by molar-refractivity contribution is 5.17. The molecule has 0 radical (unpaired) electrons. The first kappa shape index (κ1) is 10.7. The maximum absolute atomic E-state index is 12.8. The zero-order valence-electron chi connectivity index (χ0n) is 8.26. The Bertz CT molecular complexity index is 327. The largest absolute Gasteiger partial charge is 0.316 e. The smallest absolute Gasteiger partial charge is 0.123 e. The quantitative estimate of drug-likeness (QED) is 0.717. The molecule has 0 heterocycles. The van der Waals surface area contributed by atoms with Crippen molar-refractivity contribution in [2.75, 3.05) is 7.05 Å². The molecule has 1 aromatic rings. The Labute approximate surface area is 84.3 Å². The molecule has 0 saturated carbocycles. The Morgan fingerprint density at radius 3 is 2.93 bits per heavy atom. The molecule has 0 aliphatic rings. The van der Waals surface area contributed by atoms with Gasteiger partial charge in [0, 0.05) is 12.5 Å². The average Bonchev–Trinajstić information content (AvgIpc) is 2.17. The molecular weight excluding hydrogens is 177 g/mol. The Hall–Kier alpha value is -1.33. The van der Waals surface area contributed by atoms with Crippen LogP contribution in [0.5, 0.6) is 0 Å². The van der Waals surface area contributed by atoms with Crippen LogP contribution in [0.3, 0.4) is 0 Å². The second kappa shape index (κ2) is 5.41. The highest BCUT2D eigenvalue weighted by Gasteiger charge is 2.05. The minimum absolute atomic E-state index is 0.196. The molecule has 1 N–H and O–H groups in total. The molecule has 0 fully saturated rings. The van der Waals surface area contributed by atoms with Gasteiger partial charge in [0.25, 0.3) is 0 Å². The molecule has 0 saturated heterocycles. The Morgan fingerprint density at radius 2 is 2.36 bits per heavy atom. The maximum atomic E-state index is 12.8. The van der Waals surface area contributed by atoms with Crippen LogP contribution in [0.4, 0.5) is 4.39 Å². The Kier molecular flexibility index (Phi) is 4.15. The summed E-state index contributed by atoms with van der Waals surface area (Å²) in [5, 5.41) is 3.11. The lowest BCUT2D eigenvalue weighted by atomic mass is 10.0. The molecule has 1 aromatic carbocycles. The van der Waals surface area contributed by atoms with E-state index >= 15 is 0 Å². The number of rotatable bonds is 4. The van der Waals surface area contributed by atoms with Gasteiger partial charge in [-0.25, -0.2) is 4.39 Å². The number of likely N-dealkylation sites (N-methyl/N-ethyl adjacent to an activating group) is 1. The average molecular weight is 191 g/mol. The van der Waals surface area contributed by atoms with Gasteiger partial charge in [0.05, 0.1) is 0 Å². The van der Waals surface area contributed by atoms with E-state index in [0.29, 0.717) is 6.42 Å². The zero-order chi connectivity index (χ0) is 10.4. The molecule has 0 bridgehead atoms. The van der Waals surface area contributed by atoms with Crippen LogP contribution in [0.15, 0.2) is 24.3 Å². The first-order valence-corrected chi connectivity index (χ1v) is 4.61. The lowest BCUT2D eigenvalue weighted by Crippen LogP contribution is -2.26. The minimum atomic E-state index is -0.196. The van der Waals surface area contributed by atoms with Gasteiger partial charge in [-0.1, -0.05) is 12.1 Å². The number of nitrogens with one attached hydrogen (secondary N) is 1. The molecule has 1 rings (SSSR count). The first-order valence-electron chi connectivity index (χ1n) is 4.61. The van der Waals surface area contributed by atoms with Crippen molar-refractivity contribution >= 4 is 0 Å². The molecule has 74 valence electrons. The molecule has 1 atom stereocenters. The second-order valence-corrected chi connectivity index (χ2v) is 3.23. The van der Waals surface area contributed by atoms with Crippen LogP contribution in [0.1, 0.15) is 12.0 Å². The number of terminal acetylenes is 1. The van der Waals surface area contributed by atoms with Gasteiger partial charge in [0.2, 0.25) is 0 Å². The summed E-state index contributed by atoms with van der Waals surface area (Å²) in [5.74, 6) is 2.40. The third kappa shape index (κ3) is 3.20. The van der Waals surface area contributed by atoms with E-state index in [0.717, 1.165) is 12.0 Å². The fourth-order valence-corrected chi connectivity index (χ4v) is 1.37. The fraction of sp³-hybridized carbons (Fsp3) is 0.333. The molecule has 2 heteroatoms. The molecule has 1 unspecified atom stereocenters. The molecule has 0 aliphatic heterocycles. The Balaban J connectivity index is 2.63. The predicted molar refractivity (Wildman–Crippen MR) is 56.4 cm³/mol. The topological polar surface area (TPSA) is 12.0 Å². The zero-order valence-corrected chi connectivity index (χ0v) is 8.26. The third-order valence-electron chi connectivity index (χ3n) is 2.14. The standard InChI is InChI=1S/C12H14FN/c1-3-5-12(14-2)9-10-6-4-7-11(13)8-10/h1,4,6-8,12,14H,5,9H2,2H3. The molecular formula is C12H14FN. The summed E-state index contributed by atoms with van der Waals surface area (Å²) in [6.45, 7) is 0. The SMILES string of the molecule is C#CCC(Cc1cccc(F)c1)NC. The lowest BCUT2D eigenvalue weighted by molar-refractivity contribution is 0.568. The molecule has 0 aliphatic carbocycles. The van der Waals surface area contributed by atoms with Gasteiger partial charge in [0.1, 0.15) is 5.82 Å². The third-order valence-corrected chi connectivity index (χ3v) is 2.14. The number of halogens is 1. The van der Waals surface area contributed by atoms with E-state index in [4.69, 9.17) is 6.42 Å². The van der Waals surface area contributed by atoms with Crippen LogP contribution in [-0.2, 0) is 6.42 Å². The van der Waals surface area contributed by atoms with Crippen LogP contribution in [0.25, 0.3) is 0 Å². The normalized spacial score (nSPS) is 12.1. The maximum Gasteiger partial charge on any atom is 0.123 e. The highest BCUT2D eigenvalue weighted by Crippen LogP contribution is 2.07. The minimum Gasteiger partial charge on any atom is -0.316 e. The number of hydrogen-bond donors (Lipinski definition) is 1. The summed E-state index contributed by atoms with van der Waals surface area (Å²) >= 11 is 0. The summed E-state index contributed by atoms with van der Waals surface area (Å²) in [4.78, 5) is 0. The van der Waals surface area contributed by atoms with Crippen LogP contribution in [0, 0.1) is 18.2 Å². The van der Waals surface area contributed by atoms with Crippen LogP contribution in [0.2, 0.25) is 0 Å².